The van der Waals surface area contributed by atoms with E-state index in [9.17, 15) is 4.79 Å². The minimum atomic E-state index is -0.227. The van der Waals surface area contributed by atoms with Crippen LogP contribution in [-0.2, 0) is 0 Å². The van der Waals surface area contributed by atoms with Gasteiger partial charge in [-0.05, 0) is 32.9 Å². The molecule has 2 rings (SSSR count). The number of carbonyl (C=O) groups excluding carboxylic acids is 1. The molecule has 2 heterocycles. The van der Waals surface area contributed by atoms with Gasteiger partial charge in [0.15, 0.2) is 0 Å². The predicted molar refractivity (Wildman–Crippen MR) is 77.3 cm³/mol. The van der Waals surface area contributed by atoms with Crippen LogP contribution in [0.3, 0.4) is 0 Å². The number of carbonyl (C=O) groups is 1. The van der Waals surface area contributed by atoms with Crippen molar-refractivity contribution in [1.29, 1.82) is 0 Å². The maximum atomic E-state index is 12.3. The molecular weight excluding hydrogens is 256 g/mol. The lowest BCUT2D eigenvalue weighted by atomic mass is 10.2. The second-order valence-corrected chi connectivity index (χ2v) is 4.74. The standard InChI is InChI=1S/C13H18N6O/c1-8(2)19-12(4-5-15-19)17-13(20)10-6-9(3)16-11(7-10)18-14/h4-8H,14H2,1-3H3,(H,16,18)(H,17,20). The van der Waals surface area contributed by atoms with Gasteiger partial charge < -0.3 is 10.7 Å². The molecule has 20 heavy (non-hydrogen) atoms. The number of rotatable bonds is 4. The first-order valence-corrected chi connectivity index (χ1v) is 6.31. The number of nitrogens with two attached hydrogens (primary N) is 1. The lowest BCUT2D eigenvalue weighted by molar-refractivity contribution is 0.102. The van der Waals surface area contributed by atoms with Gasteiger partial charge in [-0.2, -0.15) is 5.10 Å². The Hall–Kier alpha value is -2.41. The number of nitrogens with zero attached hydrogens (tertiary/aromatic N) is 3. The molecule has 0 saturated heterocycles. The van der Waals surface area contributed by atoms with Crippen LogP contribution in [-0.4, -0.2) is 20.7 Å². The maximum Gasteiger partial charge on any atom is 0.257 e. The molecule has 0 unspecified atom stereocenters. The molecule has 0 aromatic carbocycles. The maximum absolute atomic E-state index is 12.3. The lowest BCUT2D eigenvalue weighted by Crippen LogP contribution is -2.18. The molecule has 4 N–H and O–H groups in total. The van der Waals surface area contributed by atoms with Crippen molar-refractivity contribution >= 4 is 17.5 Å². The van der Waals surface area contributed by atoms with Crippen LogP contribution in [0.1, 0.15) is 35.9 Å². The minimum Gasteiger partial charge on any atom is -0.308 e. The average Bonchev–Trinajstić information content (AvgIpc) is 2.86. The summed E-state index contributed by atoms with van der Waals surface area (Å²) in [6, 6.07) is 5.22. The molecule has 2 aromatic heterocycles. The third kappa shape index (κ3) is 2.94. The van der Waals surface area contributed by atoms with Gasteiger partial charge in [0.2, 0.25) is 0 Å². The summed E-state index contributed by atoms with van der Waals surface area (Å²) in [6.07, 6.45) is 1.65. The summed E-state index contributed by atoms with van der Waals surface area (Å²) >= 11 is 0. The SMILES string of the molecule is Cc1cc(C(=O)Nc2ccnn2C(C)C)cc(NN)n1. The zero-order valence-corrected chi connectivity index (χ0v) is 11.7. The summed E-state index contributed by atoms with van der Waals surface area (Å²) in [7, 11) is 0. The highest BCUT2D eigenvalue weighted by molar-refractivity contribution is 6.04. The Bertz CT molecular complexity index is 619. The molecule has 7 heteroatoms. The van der Waals surface area contributed by atoms with E-state index in [1.807, 2.05) is 13.8 Å². The van der Waals surface area contributed by atoms with E-state index < -0.39 is 0 Å². The van der Waals surface area contributed by atoms with Gasteiger partial charge in [-0.1, -0.05) is 0 Å². The van der Waals surface area contributed by atoms with Crippen molar-refractivity contribution in [2.24, 2.45) is 5.84 Å². The number of nitrogen functional groups attached to an aromatic ring is 1. The van der Waals surface area contributed by atoms with Gasteiger partial charge in [0, 0.05) is 23.4 Å². The largest absolute Gasteiger partial charge is 0.308 e. The van der Waals surface area contributed by atoms with Crippen LogP contribution in [0.15, 0.2) is 24.4 Å². The summed E-state index contributed by atoms with van der Waals surface area (Å²) in [5.41, 5.74) is 3.64. The molecule has 0 bridgehead atoms. The smallest absolute Gasteiger partial charge is 0.257 e. The van der Waals surface area contributed by atoms with Gasteiger partial charge in [0.25, 0.3) is 5.91 Å². The molecule has 106 valence electrons. The van der Waals surface area contributed by atoms with Gasteiger partial charge in [-0.15, -0.1) is 0 Å². The quantitative estimate of drug-likeness (QED) is 0.582. The van der Waals surface area contributed by atoms with Crippen LogP contribution in [0.25, 0.3) is 0 Å². The molecule has 0 aliphatic heterocycles. The van der Waals surface area contributed by atoms with Crippen LogP contribution >= 0.6 is 0 Å². The van der Waals surface area contributed by atoms with Gasteiger partial charge in [0.05, 0.1) is 6.20 Å². The van der Waals surface area contributed by atoms with Crippen LogP contribution in [0.5, 0.6) is 0 Å². The first-order valence-electron chi connectivity index (χ1n) is 6.31. The number of aromatic nitrogens is 3. The molecule has 0 aliphatic rings. The number of amides is 1. The van der Waals surface area contributed by atoms with Crippen LogP contribution < -0.4 is 16.6 Å². The molecule has 0 fully saturated rings. The van der Waals surface area contributed by atoms with E-state index in [1.54, 1.807) is 36.0 Å². The monoisotopic (exact) mass is 274 g/mol. The zero-order chi connectivity index (χ0) is 14.7. The first kappa shape index (κ1) is 14.0. The normalized spacial score (nSPS) is 10.7. The molecule has 7 nitrogen and oxygen atoms in total. The molecule has 0 aliphatic carbocycles. The van der Waals surface area contributed by atoms with E-state index >= 15 is 0 Å². The summed E-state index contributed by atoms with van der Waals surface area (Å²) in [4.78, 5) is 16.4. The minimum absolute atomic E-state index is 0.167. The number of pyridine rings is 1. The fourth-order valence-electron chi connectivity index (χ4n) is 1.89. The Labute approximate surface area is 117 Å². The fraction of sp³-hybridized carbons (Fsp3) is 0.308. The van der Waals surface area contributed by atoms with Gasteiger partial charge in [-0.25, -0.2) is 15.5 Å². The van der Waals surface area contributed by atoms with Crippen molar-refractivity contribution in [3.8, 4) is 0 Å². The van der Waals surface area contributed by atoms with Crippen LogP contribution in [0, 0.1) is 6.92 Å². The third-order valence-corrected chi connectivity index (χ3v) is 2.76. The number of nitrogens with one attached hydrogen (secondary N) is 2. The van der Waals surface area contributed by atoms with Crippen molar-refractivity contribution < 1.29 is 4.79 Å². The molecular formula is C13H18N6O. The van der Waals surface area contributed by atoms with E-state index in [-0.39, 0.29) is 11.9 Å². The summed E-state index contributed by atoms with van der Waals surface area (Å²) < 4.78 is 1.74. The Kier molecular flexibility index (Phi) is 3.99. The highest BCUT2D eigenvalue weighted by Gasteiger charge is 2.12. The Balaban J connectivity index is 2.24. The van der Waals surface area contributed by atoms with Gasteiger partial charge in [0.1, 0.15) is 11.6 Å². The Morgan fingerprint density at radius 1 is 1.40 bits per heavy atom. The molecule has 1 amide bonds. The highest BCUT2D eigenvalue weighted by Crippen LogP contribution is 2.15. The second-order valence-electron chi connectivity index (χ2n) is 4.74. The van der Waals surface area contributed by atoms with Crippen molar-refractivity contribution in [3.05, 3.63) is 35.7 Å². The lowest BCUT2D eigenvalue weighted by Gasteiger charge is -2.12. The van der Waals surface area contributed by atoms with E-state index in [4.69, 9.17) is 5.84 Å². The number of hydrogen-bond acceptors (Lipinski definition) is 5. The van der Waals surface area contributed by atoms with Gasteiger partial charge >= 0.3 is 0 Å². The zero-order valence-electron chi connectivity index (χ0n) is 11.7. The van der Waals surface area contributed by atoms with Crippen molar-refractivity contribution in [2.45, 2.75) is 26.8 Å². The Morgan fingerprint density at radius 3 is 2.80 bits per heavy atom. The van der Waals surface area contributed by atoms with E-state index in [0.29, 0.717) is 22.9 Å². The van der Waals surface area contributed by atoms with Crippen LogP contribution in [0.2, 0.25) is 0 Å². The number of anilines is 2. The summed E-state index contributed by atoms with van der Waals surface area (Å²) in [5.74, 6) is 6.21. The topological polar surface area (TPSA) is 97.9 Å². The van der Waals surface area contributed by atoms with E-state index in [2.05, 4.69) is 20.8 Å². The van der Waals surface area contributed by atoms with Crippen molar-refractivity contribution in [2.75, 3.05) is 10.7 Å². The molecule has 0 spiro atoms. The molecule has 0 radical (unpaired) electrons. The number of hydrazine groups is 1. The number of aryl methyl sites for hydroxylation is 1. The molecule has 0 atom stereocenters. The fourth-order valence-corrected chi connectivity index (χ4v) is 1.89. The van der Waals surface area contributed by atoms with Gasteiger partial charge in [-0.3, -0.25) is 4.79 Å². The average molecular weight is 274 g/mol. The van der Waals surface area contributed by atoms with E-state index in [1.165, 1.54) is 0 Å². The van der Waals surface area contributed by atoms with Crippen LogP contribution in [0.4, 0.5) is 11.6 Å². The van der Waals surface area contributed by atoms with Crippen molar-refractivity contribution in [3.63, 3.8) is 0 Å². The van der Waals surface area contributed by atoms with E-state index in [0.717, 1.165) is 0 Å². The second kappa shape index (κ2) is 5.70. The molecule has 0 saturated carbocycles. The Morgan fingerprint density at radius 2 is 2.15 bits per heavy atom. The molecule has 2 aromatic rings. The summed E-state index contributed by atoms with van der Waals surface area (Å²) in [5, 5.41) is 7.00. The first-order chi connectivity index (χ1) is 9.51. The number of hydrogen-bond donors (Lipinski definition) is 3. The predicted octanol–water partition coefficient (Wildman–Crippen LogP) is 1.71. The highest BCUT2D eigenvalue weighted by atomic mass is 16.1. The third-order valence-electron chi connectivity index (χ3n) is 2.76. The summed E-state index contributed by atoms with van der Waals surface area (Å²) in [6.45, 7) is 5.79. The van der Waals surface area contributed by atoms with Crippen molar-refractivity contribution in [1.82, 2.24) is 14.8 Å².